The van der Waals surface area contributed by atoms with Gasteiger partial charge in [0.2, 0.25) is 6.79 Å². The Kier molecular flexibility index (Phi) is 3.29. The molecular weight excluding hydrogens is 242 g/mol. The number of nitrogens with zero attached hydrogens (tertiary/aromatic N) is 2. The van der Waals surface area contributed by atoms with Crippen LogP contribution in [-0.2, 0) is 6.54 Å². The van der Waals surface area contributed by atoms with Gasteiger partial charge >= 0.3 is 0 Å². The van der Waals surface area contributed by atoms with Crippen molar-refractivity contribution in [2.75, 3.05) is 6.79 Å². The molecule has 0 spiro atoms. The molecule has 5 heteroatoms. The molecule has 5 nitrogen and oxygen atoms in total. The summed E-state index contributed by atoms with van der Waals surface area (Å²) in [6, 6.07) is 6.20. The Morgan fingerprint density at radius 2 is 2.16 bits per heavy atom. The molecule has 1 unspecified atom stereocenters. The SMILES string of the molecule is CC(NCc1cnccn1)c1ccc2c(c1)OCO2. The van der Waals surface area contributed by atoms with Crippen LogP contribution in [0.25, 0.3) is 0 Å². The smallest absolute Gasteiger partial charge is 0.231 e. The van der Waals surface area contributed by atoms with Crippen LogP contribution in [0.3, 0.4) is 0 Å². The fourth-order valence-electron chi connectivity index (χ4n) is 1.98. The van der Waals surface area contributed by atoms with Gasteiger partial charge in [0.1, 0.15) is 0 Å². The van der Waals surface area contributed by atoms with Crippen molar-refractivity contribution < 1.29 is 9.47 Å². The molecular formula is C14H15N3O2. The molecule has 1 aromatic heterocycles. The lowest BCUT2D eigenvalue weighted by atomic mass is 10.1. The van der Waals surface area contributed by atoms with E-state index in [-0.39, 0.29) is 6.04 Å². The molecule has 19 heavy (non-hydrogen) atoms. The third-order valence-electron chi connectivity index (χ3n) is 3.10. The first-order chi connectivity index (χ1) is 9.33. The molecule has 0 fully saturated rings. The van der Waals surface area contributed by atoms with Crippen LogP contribution < -0.4 is 14.8 Å². The lowest BCUT2D eigenvalue weighted by Gasteiger charge is -2.14. The van der Waals surface area contributed by atoms with Gasteiger partial charge in [-0.05, 0) is 24.6 Å². The van der Waals surface area contributed by atoms with Gasteiger partial charge in [-0.2, -0.15) is 0 Å². The first-order valence-corrected chi connectivity index (χ1v) is 6.21. The molecule has 98 valence electrons. The van der Waals surface area contributed by atoms with E-state index < -0.39 is 0 Å². The fourth-order valence-corrected chi connectivity index (χ4v) is 1.98. The maximum Gasteiger partial charge on any atom is 0.231 e. The summed E-state index contributed by atoms with van der Waals surface area (Å²) >= 11 is 0. The number of ether oxygens (including phenoxy) is 2. The molecule has 0 radical (unpaired) electrons. The Hall–Kier alpha value is -2.14. The third-order valence-corrected chi connectivity index (χ3v) is 3.10. The molecule has 0 saturated carbocycles. The summed E-state index contributed by atoms with van der Waals surface area (Å²) in [5, 5.41) is 3.41. The average Bonchev–Trinajstić information content (AvgIpc) is 2.93. The Balaban J connectivity index is 1.65. The highest BCUT2D eigenvalue weighted by molar-refractivity contribution is 5.45. The Morgan fingerprint density at radius 1 is 1.26 bits per heavy atom. The zero-order valence-electron chi connectivity index (χ0n) is 10.7. The summed E-state index contributed by atoms with van der Waals surface area (Å²) in [6.07, 6.45) is 5.13. The topological polar surface area (TPSA) is 56.3 Å². The first-order valence-electron chi connectivity index (χ1n) is 6.21. The third kappa shape index (κ3) is 2.66. The molecule has 2 aromatic rings. The van der Waals surface area contributed by atoms with Crippen LogP contribution in [0, 0.1) is 0 Å². The van der Waals surface area contributed by atoms with E-state index in [4.69, 9.17) is 9.47 Å². The van der Waals surface area contributed by atoms with Crippen molar-refractivity contribution in [2.24, 2.45) is 0 Å². The van der Waals surface area contributed by atoms with Crippen molar-refractivity contribution in [3.05, 3.63) is 48.0 Å². The van der Waals surface area contributed by atoms with Crippen LogP contribution >= 0.6 is 0 Å². The number of hydrogen-bond donors (Lipinski definition) is 1. The van der Waals surface area contributed by atoms with Gasteiger partial charge in [0, 0.05) is 31.2 Å². The average molecular weight is 257 g/mol. The number of benzene rings is 1. The number of rotatable bonds is 4. The van der Waals surface area contributed by atoms with Gasteiger partial charge < -0.3 is 14.8 Å². The number of nitrogens with one attached hydrogen (secondary N) is 1. The van der Waals surface area contributed by atoms with E-state index in [1.165, 1.54) is 0 Å². The number of fused-ring (bicyclic) bond motifs is 1. The van der Waals surface area contributed by atoms with Gasteiger partial charge in [-0.1, -0.05) is 6.07 Å². The molecule has 0 saturated heterocycles. The Bertz CT molecular complexity index is 560. The van der Waals surface area contributed by atoms with Gasteiger partial charge in [-0.25, -0.2) is 0 Å². The molecule has 0 aliphatic carbocycles. The molecule has 3 rings (SSSR count). The van der Waals surface area contributed by atoms with E-state index in [0.717, 1.165) is 22.8 Å². The molecule has 1 atom stereocenters. The summed E-state index contributed by atoms with van der Waals surface area (Å²) in [6.45, 7) is 3.09. The second-order valence-electron chi connectivity index (χ2n) is 4.41. The first kappa shape index (κ1) is 11.9. The van der Waals surface area contributed by atoms with Gasteiger partial charge in [0.05, 0.1) is 5.69 Å². The second kappa shape index (κ2) is 5.24. The zero-order chi connectivity index (χ0) is 13.1. The standard InChI is InChI=1S/C14H15N3O2/c1-10(17-8-12-7-15-4-5-16-12)11-2-3-13-14(6-11)19-9-18-13/h2-7,10,17H,8-9H2,1H3. The number of hydrogen-bond acceptors (Lipinski definition) is 5. The van der Waals surface area contributed by atoms with Crippen molar-refractivity contribution in [2.45, 2.75) is 19.5 Å². The normalized spacial score (nSPS) is 14.4. The summed E-state index contributed by atoms with van der Waals surface area (Å²) in [5.41, 5.74) is 2.09. The summed E-state index contributed by atoms with van der Waals surface area (Å²) in [4.78, 5) is 8.28. The van der Waals surface area contributed by atoms with Crippen LogP contribution in [0.5, 0.6) is 11.5 Å². The molecule has 2 heterocycles. The van der Waals surface area contributed by atoms with E-state index in [9.17, 15) is 0 Å². The minimum Gasteiger partial charge on any atom is -0.454 e. The predicted octanol–water partition coefficient (Wildman–Crippen LogP) is 2.06. The van der Waals surface area contributed by atoms with Gasteiger partial charge in [0.15, 0.2) is 11.5 Å². The van der Waals surface area contributed by atoms with E-state index >= 15 is 0 Å². The van der Waals surface area contributed by atoms with Gasteiger partial charge in [-0.3, -0.25) is 9.97 Å². The molecule has 0 bridgehead atoms. The van der Waals surface area contributed by atoms with Crippen LogP contribution in [0.2, 0.25) is 0 Å². The van der Waals surface area contributed by atoms with Gasteiger partial charge in [0.25, 0.3) is 0 Å². The summed E-state index contributed by atoms with van der Waals surface area (Å²) in [5.74, 6) is 1.62. The van der Waals surface area contributed by atoms with Crippen molar-refractivity contribution in [1.82, 2.24) is 15.3 Å². The summed E-state index contributed by atoms with van der Waals surface area (Å²) in [7, 11) is 0. The molecule has 1 aliphatic heterocycles. The lowest BCUT2D eigenvalue weighted by Crippen LogP contribution is -2.18. The van der Waals surface area contributed by atoms with Crippen LogP contribution in [0.15, 0.2) is 36.8 Å². The minimum absolute atomic E-state index is 0.205. The van der Waals surface area contributed by atoms with Crippen molar-refractivity contribution >= 4 is 0 Å². The number of aromatic nitrogens is 2. The predicted molar refractivity (Wildman–Crippen MR) is 69.9 cm³/mol. The van der Waals surface area contributed by atoms with Crippen LogP contribution in [0.1, 0.15) is 24.2 Å². The fraction of sp³-hybridized carbons (Fsp3) is 0.286. The molecule has 1 aliphatic rings. The van der Waals surface area contributed by atoms with Crippen molar-refractivity contribution in [1.29, 1.82) is 0 Å². The lowest BCUT2D eigenvalue weighted by molar-refractivity contribution is 0.174. The van der Waals surface area contributed by atoms with E-state index in [0.29, 0.717) is 13.3 Å². The van der Waals surface area contributed by atoms with Crippen molar-refractivity contribution in [3.63, 3.8) is 0 Å². The molecule has 0 amide bonds. The maximum absolute atomic E-state index is 5.38. The van der Waals surface area contributed by atoms with Crippen LogP contribution in [0.4, 0.5) is 0 Å². The Morgan fingerprint density at radius 3 is 3.00 bits per heavy atom. The highest BCUT2D eigenvalue weighted by Crippen LogP contribution is 2.34. The summed E-state index contributed by atoms with van der Waals surface area (Å²) < 4.78 is 10.7. The molecule has 1 N–H and O–H groups in total. The second-order valence-corrected chi connectivity index (χ2v) is 4.41. The minimum atomic E-state index is 0.205. The van der Waals surface area contributed by atoms with E-state index in [1.807, 2.05) is 18.2 Å². The van der Waals surface area contributed by atoms with E-state index in [1.54, 1.807) is 18.6 Å². The molecule has 1 aromatic carbocycles. The Labute approximate surface area is 111 Å². The zero-order valence-corrected chi connectivity index (χ0v) is 10.7. The maximum atomic E-state index is 5.38. The van der Waals surface area contributed by atoms with E-state index in [2.05, 4.69) is 22.2 Å². The quantitative estimate of drug-likeness (QED) is 0.908. The highest BCUT2D eigenvalue weighted by Gasteiger charge is 2.15. The largest absolute Gasteiger partial charge is 0.454 e. The monoisotopic (exact) mass is 257 g/mol. The van der Waals surface area contributed by atoms with Crippen LogP contribution in [-0.4, -0.2) is 16.8 Å². The highest BCUT2D eigenvalue weighted by atomic mass is 16.7. The van der Waals surface area contributed by atoms with Gasteiger partial charge in [-0.15, -0.1) is 0 Å². The van der Waals surface area contributed by atoms with Crippen molar-refractivity contribution in [3.8, 4) is 11.5 Å².